The molecule has 1 aliphatic rings. The fourth-order valence-corrected chi connectivity index (χ4v) is 2.04. The molecule has 1 aliphatic carbocycles. The predicted molar refractivity (Wildman–Crippen MR) is 66.1 cm³/mol. The normalized spacial score (nSPS) is 16.8. The highest BCUT2D eigenvalue weighted by Gasteiger charge is 2.20. The molecule has 2 nitrogen and oxygen atoms in total. The van der Waals surface area contributed by atoms with E-state index in [1.54, 1.807) is 0 Å². The van der Waals surface area contributed by atoms with Crippen molar-refractivity contribution in [1.82, 2.24) is 5.32 Å². The number of rotatable bonds is 7. The van der Waals surface area contributed by atoms with Crippen LogP contribution in [-0.2, 0) is 0 Å². The van der Waals surface area contributed by atoms with Gasteiger partial charge in [0.15, 0.2) is 0 Å². The maximum absolute atomic E-state index is 13.4. The summed E-state index contributed by atoms with van der Waals surface area (Å²) in [6.07, 6.45) is 4.09. The second-order valence-electron chi connectivity index (χ2n) is 4.97. The van der Waals surface area contributed by atoms with Crippen molar-refractivity contribution in [1.29, 1.82) is 0 Å². The molecule has 0 bridgehead atoms. The van der Waals surface area contributed by atoms with Crippen molar-refractivity contribution in [2.75, 3.05) is 13.1 Å². The first-order chi connectivity index (χ1) is 8.66. The SMILES string of the molecule is OC(CNCCCC1CC1)c1ccc(F)cc1F. The average Bonchev–Trinajstić information content (AvgIpc) is 3.12. The van der Waals surface area contributed by atoms with Gasteiger partial charge in [-0.1, -0.05) is 18.9 Å². The van der Waals surface area contributed by atoms with Crippen molar-refractivity contribution in [2.24, 2.45) is 5.92 Å². The van der Waals surface area contributed by atoms with Gasteiger partial charge in [-0.3, -0.25) is 0 Å². The summed E-state index contributed by atoms with van der Waals surface area (Å²) >= 11 is 0. The van der Waals surface area contributed by atoms with Crippen molar-refractivity contribution in [3.8, 4) is 0 Å². The van der Waals surface area contributed by atoms with Crippen LogP contribution in [0.5, 0.6) is 0 Å². The molecule has 4 heteroatoms. The Morgan fingerprint density at radius 3 is 2.78 bits per heavy atom. The van der Waals surface area contributed by atoms with Gasteiger partial charge in [0.1, 0.15) is 11.6 Å². The summed E-state index contributed by atoms with van der Waals surface area (Å²) in [5, 5.41) is 12.9. The van der Waals surface area contributed by atoms with Crippen molar-refractivity contribution >= 4 is 0 Å². The van der Waals surface area contributed by atoms with Crippen molar-refractivity contribution in [3.05, 3.63) is 35.4 Å². The monoisotopic (exact) mass is 255 g/mol. The molecule has 1 aromatic rings. The van der Waals surface area contributed by atoms with E-state index in [9.17, 15) is 13.9 Å². The quantitative estimate of drug-likeness (QED) is 0.734. The number of hydrogen-bond acceptors (Lipinski definition) is 2. The lowest BCUT2D eigenvalue weighted by Gasteiger charge is -2.13. The number of hydrogen-bond donors (Lipinski definition) is 2. The zero-order chi connectivity index (χ0) is 13.0. The Balaban J connectivity index is 1.70. The Hall–Kier alpha value is -1.00. The highest BCUT2D eigenvalue weighted by atomic mass is 19.1. The van der Waals surface area contributed by atoms with Gasteiger partial charge in [0, 0.05) is 18.2 Å². The van der Waals surface area contributed by atoms with E-state index >= 15 is 0 Å². The van der Waals surface area contributed by atoms with Gasteiger partial charge >= 0.3 is 0 Å². The predicted octanol–water partition coefficient (Wildman–Crippen LogP) is 2.78. The summed E-state index contributed by atoms with van der Waals surface area (Å²) in [5.41, 5.74) is 0.145. The van der Waals surface area contributed by atoms with Crippen molar-refractivity contribution in [2.45, 2.75) is 31.8 Å². The summed E-state index contributed by atoms with van der Waals surface area (Å²) in [6, 6.07) is 3.25. The number of halogens is 2. The molecule has 0 amide bonds. The van der Waals surface area contributed by atoms with Gasteiger partial charge in [0.05, 0.1) is 6.10 Å². The zero-order valence-corrected chi connectivity index (χ0v) is 10.3. The first-order valence-corrected chi connectivity index (χ1v) is 6.50. The smallest absolute Gasteiger partial charge is 0.131 e. The molecule has 0 heterocycles. The van der Waals surface area contributed by atoms with Crippen LogP contribution in [0.1, 0.15) is 37.4 Å². The van der Waals surface area contributed by atoms with Crippen LogP contribution in [0.2, 0.25) is 0 Å². The van der Waals surface area contributed by atoms with E-state index in [1.165, 1.54) is 25.3 Å². The number of benzene rings is 1. The van der Waals surface area contributed by atoms with E-state index in [2.05, 4.69) is 5.32 Å². The van der Waals surface area contributed by atoms with Crippen LogP contribution in [0.15, 0.2) is 18.2 Å². The third-order valence-electron chi connectivity index (χ3n) is 3.32. The average molecular weight is 255 g/mol. The van der Waals surface area contributed by atoms with Gasteiger partial charge in [-0.2, -0.15) is 0 Å². The fraction of sp³-hybridized carbons (Fsp3) is 0.571. The minimum absolute atomic E-state index is 0.145. The molecule has 18 heavy (non-hydrogen) atoms. The second kappa shape index (κ2) is 6.25. The number of aliphatic hydroxyl groups is 1. The number of nitrogens with one attached hydrogen (secondary N) is 1. The van der Waals surface area contributed by atoms with Crippen LogP contribution in [0, 0.1) is 17.6 Å². The van der Waals surface area contributed by atoms with Crippen LogP contribution in [0.25, 0.3) is 0 Å². The summed E-state index contributed by atoms with van der Waals surface area (Å²) in [6.45, 7) is 1.13. The molecule has 1 atom stereocenters. The van der Waals surface area contributed by atoms with Crippen LogP contribution in [0.3, 0.4) is 0 Å². The maximum atomic E-state index is 13.4. The molecule has 1 fully saturated rings. The van der Waals surface area contributed by atoms with Crippen LogP contribution >= 0.6 is 0 Å². The van der Waals surface area contributed by atoms with Gasteiger partial charge in [-0.25, -0.2) is 8.78 Å². The zero-order valence-electron chi connectivity index (χ0n) is 10.3. The molecule has 1 aromatic carbocycles. The molecule has 1 unspecified atom stereocenters. The van der Waals surface area contributed by atoms with Crippen molar-refractivity contribution in [3.63, 3.8) is 0 Å². The van der Waals surface area contributed by atoms with Gasteiger partial charge in [0.25, 0.3) is 0 Å². The lowest BCUT2D eigenvalue weighted by molar-refractivity contribution is 0.170. The molecule has 0 saturated heterocycles. The van der Waals surface area contributed by atoms with Gasteiger partial charge in [0.2, 0.25) is 0 Å². The molecular weight excluding hydrogens is 236 g/mol. The Bertz CT molecular complexity index is 393. The molecule has 0 aliphatic heterocycles. The van der Waals surface area contributed by atoms with E-state index in [-0.39, 0.29) is 5.56 Å². The molecule has 0 spiro atoms. The Morgan fingerprint density at radius 2 is 2.11 bits per heavy atom. The Kier molecular flexibility index (Phi) is 4.66. The van der Waals surface area contributed by atoms with Crippen LogP contribution in [0.4, 0.5) is 8.78 Å². The summed E-state index contributed by atoms with van der Waals surface area (Å²) < 4.78 is 26.1. The van der Waals surface area contributed by atoms with Gasteiger partial charge in [-0.05, 0) is 31.4 Å². The summed E-state index contributed by atoms with van der Waals surface area (Å²) in [5.74, 6) is -0.408. The minimum atomic E-state index is -0.925. The van der Waals surface area contributed by atoms with Crippen molar-refractivity contribution < 1.29 is 13.9 Å². The maximum Gasteiger partial charge on any atom is 0.131 e. The summed E-state index contributed by atoms with van der Waals surface area (Å²) in [4.78, 5) is 0. The summed E-state index contributed by atoms with van der Waals surface area (Å²) in [7, 11) is 0. The van der Waals surface area contributed by atoms with E-state index in [4.69, 9.17) is 0 Å². The molecular formula is C14H19F2NO. The first-order valence-electron chi connectivity index (χ1n) is 6.50. The van der Waals surface area contributed by atoms with Gasteiger partial charge < -0.3 is 10.4 Å². The molecule has 2 rings (SSSR count). The Morgan fingerprint density at radius 1 is 1.33 bits per heavy atom. The lowest BCUT2D eigenvalue weighted by atomic mass is 10.1. The molecule has 2 N–H and O–H groups in total. The Labute approximate surface area is 106 Å². The van der Waals surface area contributed by atoms with Gasteiger partial charge in [-0.15, -0.1) is 0 Å². The molecule has 0 aromatic heterocycles. The molecule has 1 saturated carbocycles. The highest BCUT2D eigenvalue weighted by molar-refractivity contribution is 5.21. The van der Waals surface area contributed by atoms with E-state index in [1.807, 2.05) is 0 Å². The largest absolute Gasteiger partial charge is 0.387 e. The fourth-order valence-electron chi connectivity index (χ4n) is 2.04. The number of aliphatic hydroxyl groups excluding tert-OH is 1. The lowest BCUT2D eigenvalue weighted by Crippen LogP contribution is -2.23. The topological polar surface area (TPSA) is 32.3 Å². The van der Waals surface area contributed by atoms with E-state index in [0.29, 0.717) is 6.54 Å². The minimum Gasteiger partial charge on any atom is -0.387 e. The van der Waals surface area contributed by atoms with Crippen LogP contribution < -0.4 is 5.32 Å². The molecule has 0 radical (unpaired) electrons. The van der Waals surface area contributed by atoms with E-state index in [0.717, 1.165) is 31.0 Å². The third-order valence-corrected chi connectivity index (χ3v) is 3.32. The second-order valence-corrected chi connectivity index (χ2v) is 4.97. The van der Waals surface area contributed by atoms with Crippen LogP contribution in [-0.4, -0.2) is 18.2 Å². The van der Waals surface area contributed by atoms with E-state index < -0.39 is 17.7 Å². The third kappa shape index (κ3) is 4.03. The molecule has 100 valence electrons. The highest BCUT2D eigenvalue weighted by Crippen LogP contribution is 2.33. The standard InChI is InChI=1S/C14H19F2NO/c15-11-5-6-12(13(16)8-11)14(18)9-17-7-1-2-10-3-4-10/h5-6,8,10,14,17-18H,1-4,7,9H2. The first kappa shape index (κ1) is 13.4.